The van der Waals surface area contributed by atoms with E-state index >= 15 is 0 Å². The monoisotopic (exact) mass is 517 g/mol. The smallest absolute Gasteiger partial charge is 0.148 e. The van der Waals surface area contributed by atoms with Gasteiger partial charge >= 0.3 is 0 Å². The fourth-order valence-electron chi connectivity index (χ4n) is 2.96. The summed E-state index contributed by atoms with van der Waals surface area (Å²) in [6.07, 6.45) is 5.23. The first-order valence-corrected chi connectivity index (χ1v) is 10.6. The lowest BCUT2D eigenvalue weighted by Crippen LogP contribution is -1.92. The summed E-state index contributed by atoms with van der Waals surface area (Å²) < 4.78 is 0.976. The number of rotatable bonds is 4. The number of nitrogens with zero attached hydrogens (tertiary/aromatic N) is 3. The van der Waals surface area contributed by atoms with Crippen molar-refractivity contribution in [2.24, 2.45) is 0 Å². The van der Waals surface area contributed by atoms with Crippen LogP contribution in [0.2, 0.25) is 5.02 Å². The number of aromatic amines is 1. The average molecular weight is 518 g/mol. The molecule has 8 heteroatoms. The van der Waals surface area contributed by atoms with Gasteiger partial charge in [0.15, 0.2) is 0 Å². The fraction of sp³-hybridized carbons (Fsp3) is 0.0500. The summed E-state index contributed by atoms with van der Waals surface area (Å²) in [6.45, 7) is 0. The molecule has 0 amide bonds. The number of thiophene rings is 1. The third-order valence-electron chi connectivity index (χ3n) is 4.21. The van der Waals surface area contributed by atoms with Crippen LogP contribution in [0.4, 0.5) is 5.82 Å². The van der Waals surface area contributed by atoms with E-state index in [0.717, 1.165) is 41.7 Å². The molecule has 0 saturated carbocycles. The van der Waals surface area contributed by atoms with Crippen molar-refractivity contribution in [1.82, 2.24) is 15.0 Å². The van der Waals surface area contributed by atoms with Crippen molar-refractivity contribution in [3.8, 4) is 38.3 Å². The SMILES string of the molecule is CNc1cc(-c2sc(-c3ncc[nH]3)c(-c3ccc(Cl)cc3I)c2C#N)ccn1. The number of imidazole rings is 1. The molecule has 0 atom stereocenters. The minimum atomic E-state index is 0.616. The van der Waals surface area contributed by atoms with Gasteiger partial charge in [0.25, 0.3) is 0 Å². The maximum atomic E-state index is 10.1. The minimum Gasteiger partial charge on any atom is -0.373 e. The van der Waals surface area contributed by atoms with Crippen LogP contribution in [0.5, 0.6) is 0 Å². The molecule has 3 heterocycles. The number of hydrogen-bond acceptors (Lipinski definition) is 5. The van der Waals surface area contributed by atoms with Crippen molar-refractivity contribution in [2.45, 2.75) is 0 Å². The van der Waals surface area contributed by atoms with Gasteiger partial charge in [0, 0.05) is 39.8 Å². The second kappa shape index (κ2) is 7.91. The molecule has 0 bridgehead atoms. The maximum Gasteiger partial charge on any atom is 0.148 e. The van der Waals surface area contributed by atoms with E-state index < -0.39 is 0 Å². The lowest BCUT2D eigenvalue weighted by atomic mass is 9.98. The Bertz CT molecular complexity index is 1190. The molecule has 0 aliphatic rings. The van der Waals surface area contributed by atoms with E-state index in [1.54, 1.807) is 29.9 Å². The summed E-state index contributed by atoms with van der Waals surface area (Å²) in [5, 5.41) is 13.8. The molecule has 28 heavy (non-hydrogen) atoms. The lowest BCUT2D eigenvalue weighted by molar-refractivity contribution is 1.29. The van der Waals surface area contributed by atoms with E-state index in [2.05, 4.69) is 48.9 Å². The standard InChI is InChI=1S/C20H13ClIN5S/c1-24-16-8-11(4-5-25-16)18-14(10-23)17(13-3-2-12(21)9-15(13)22)19(28-18)20-26-6-7-27-20/h2-9H,1H3,(H,24,25)(H,26,27). The Morgan fingerprint density at radius 1 is 1.18 bits per heavy atom. The second-order valence-electron chi connectivity index (χ2n) is 5.86. The quantitative estimate of drug-likeness (QED) is 0.324. The molecule has 0 saturated heterocycles. The van der Waals surface area contributed by atoms with E-state index in [1.807, 2.05) is 37.4 Å². The zero-order valence-corrected chi connectivity index (χ0v) is 18.4. The molecule has 138 valence electrons. The number of hydrogen-bond donors (Lipinski definition) is 2. The van der Waals surface area contributed by atoms with Gasteiger partial charge in [0.1, 0.15) is 17.7 Å². The highest BCUT2D eigenvalue weighted by molar-refractivity contribution is 14.1. The molecule has 0 unspecified atom stereocenters. The first kappa shape index (κ1) is 18.9. The van der Waals surface area contributed by atoms with Gasteiger partial charge < -0.3 is 10.3 Å². The van der Waals surface area contributed by atoms with Gasteiger partial charge in [-0.25, -0.2) is 9.97 Å². The first-order chi connectivity index (χ1) is 13.6. The van der Waals surface area contributed by atoms with Crippen molar-refractivity contribution in [3.05, 3.63) is 63.1 Å². The number of nitrogens with one attached hydrogen (secondary N) is 2. The normalized spacial score (nSPS) is 10.6. The average Bonchev–Trinajstić information content (AvgIpc) is 3.35. The Morgan fingerprint density at radius 2 is 2.04 bits per heavy atom. The molecule has 0 aliphatic carbocycles. The van der Waals surface area contributed by atoms with Crippen LogP contribution in [0.25, 0.3) is 32.3 Å². The highest BCUT2D eigenvalue weighted by Gasteiger charge is 2.24. The number of pyridine rings is 1. The maximum absolute atomic E-state index is 10.1. The van der Waals surface area contributed by atoms with Crippen molar-refractivity contribution in [1.29, 1.82) is 5.26 Å². The summed E-state index contributed by atoms with van der Waals surface area (Å²) in [7, 11) is 1.82. The second-order valence-corrected chi connectivity index (χ2v) is 8.48. The van der Waals surface area contributed by atoms with Crippen LogP contribution in [0.15, 0.2) is 48.9 Å². The molecule has 4 rings (SSSR count). The van der Waals surface area contributed by atoms with Gasteiger partial charge in [-0.3, -0.25) is 0 Å². The van der Waals surface area contributed by atoms with Gasteiger partial charge in [0.05, 0.1) is 15.3 Å². The van der Waals surface area contributed by atoms with Crippen LogP contribution in [0.3, 0.4) is 0 Å². The third kappa shape index (κ3) is 3.39. The van der Waals surface area contributed by atoms with E-state index in [0.29, 0.717) is 10.6 Å². The summed E-state index contributed by atoms with van der Waals surface area (Å²) in [5.41, 5.74) is 3.37. The van der Waals surface area contributed by atoms with E-state index in [4.69, 9.17) is 11.6 Å². The Labute approximate surface area is 184 Å². The zero-order valence-electron chi connectivity index (χ0n) is 14.6. The summed E-state index contributed by atoms with van der Waals surface area (Å²) in [4.78, 5) is 13.7. The van der Waals surface area contributed by atoms with Gasteiger partial charge in [0.2, 0.25) is 0 Å². The molecule has 3 aromatic heterocycles. The molecule has 1 aromatic carbocycles. The van der Waals surface area contributed by atoms with Crippen LogP contribution >= 0.6 is 45.5 Å². The number of benzene rings is 1. The summed E-state index contributed by atoms with van der Waals surface area (Å²) >= 11 is 9.95. The predicted molar refractivity (Wildman–Crippen MR) is 123 cm³/mol. The van der Waals surface area contributed by atoms with Gasteiger partial charge in [-0.2, -0.15) is 5.26 Å². The van der Waals surface area contributed by atoms with Crippen molar-refractivity contribution < 1.29 is 0 Å². The molecule has 0 fully saturated rings. The molecule has 5 nitrogen and oxygen atoms in total. The predicted octanol–water partition coefficient (Wildman–Crippen LogP) is 6.04. The molecule has 0 radical (unpaired) electrons. The van der Waals surface area contributed by atoms with Crippen molar-refractivity contribution in [3.63, 3.8) is 0 Å². The Kier molecular flexibility index (Phi) is 5.35. The van der Waals surface area contributed by atoms with E-state index in [9.17, 15) is 5.26 Å². The van der Waals surface area contributed by atoms with Crippen LogP contribution in [0, 0.1) is 14.9 Å². The Morgan fingerprint density at radius 3 is 2.71 bits per heavy atom. The van der Waals surface area contributed by atoms with E-state index in [1.165, 1.54) is 0 Å². The number of aromatic nitrogens is 3. The Hall–Kier alpha value is -2.41. The third-order valence-corrected chi connectivity index (χ3v) is 6.59. The number of halogens is 2. The molecule has 2 N–H and O–H groups in total. The van der Waals surface area contributed by atoms with Gasteiger partial charge in [-0.05, 0) is 58.0 Å². The highest BCUT2D eigenvalue weighted by Crippen LogP contribution is 2.47. The first-order valence-electron chi connectivity index (χ1n) is 8.28. The zero-order chi connectivity index (χ0) is 19.7. The molecule has 0 spiro atoms. The van der Waals surface area contributed by atoms with Gasteiger partial charge in [-0.1, -0.05) is 17.7 Å². The lowest BCUT2D eigenvalue weighted by Gasteiger charge is -2.07. The molecule has 0 aliphatic heterocycles. The van der Waals surface area contributed by atoms with E-state index in [-0.39, 0.29) is 0 Å². The van der Waals surface area contributed by atoms with Crippen LogP contribution in [-0.2, 0) is 0 Å². The van der Waals surface area contributed by atoms with Crippen molar-refractivity contribution in [2.75, 3.05) is 12.4 Å². The van der Waals surface area contributed by atoms with Crippen molar-refractivity contribution >= 4 is 51.3 Å². The van der Waals surface area contributed by atoms with Crippen LogP contribution < -0.4 is 5.32 Å². The van der Waals surface area contributed by atoms with Crippen LogP contribution in [-0.4, -0.2) is 22.0 Å². The van der Waals surface area contributed by atoms with Crippen LogP contribution in [0.1, 0.15) is 5.56 Å². The number of H-pyrrole nitrogens is 1. The van der Waals surface area contributed by atoms with Gasteiger partial charge in [-0.15, -0.1) is 11.3 Å². The molecule has 4 aromatic rings. The Balaban J connectivity index is 2.03. The highest BCUT2D eigenvalue weighted by atomic mass is 127. The fourth-order valence-corrected chi connectivity index (χ4v) is 5.32. The summed E-state index contributed by atoms with van der Waals surface area (Å²) in [5.74, 6) is 1.48. The minimum absolute atomic E-state index is 0.616. The summed E-state index contributed by atoms with van der Waals surface area (Å²) in [6, 6.07) is 12.0. The molecular weight excluding hydrogens is 505 g/mol. The molecular formula is C20H13ClIN5S. The number of nitriles is 1. The number of anilines is 1. The largest absolute Gasteiger partial charge is 0.373 e. The topological polar surface area (TPSA) is 77.4 Å².